The minimum Gasteiger partial charge on any atom is -0.443 e. The van der Waals surface area contributed by atoms with E-state index in [2.05, 4.69) is 9.72 Å². The quantitative estimate of drug-likeness (QED) is 0.735. The van der Waals surface area contributed by atoms with Gasteiger partial charge in [-0.3, -0.25) is 0 Å². The third-order valence-corrected chi connectivity index (χ3v) is 1.90. The van der Waals surface area contributed by atoms with Crippen LogP contribution < -0.4 is 0 Å². The molecule has 0 aliphatic carbocycles. The number of nitrogens with zero attached hydrogens (tertiary/aromatic N) is 1. The molecular formula is C9H11ClF3NO2. The van der Waals surface area contributed by atoms with E-state index in [0.29, 0.717) is 24.6 Å². The van der Waals surface area contributed by atoms with Crippen molar-refractivity contribution in [1.82, 2.24) is 4.98 Å². The number of aryl methyl sites for hydroxylation is 1. The Hall–Kier alpha value is -0.750. The normalized spacial score (nSPS) is 12.0. The van der Waals surface area contributed by atoms with Crippen LogP contribution in [0.4, 0.5) is 13.2 Å². The fraction of sp³-hybridized carbons (Fsp3) is 0.667. The average molecular weight is 258 g/mol. The van der Waals surface area contributed by atoms with E-state index in [1.54, 1.807) is 0 Å². The number of aromatic nitrogens is 1. The molecule has 7 heteroatoms. The highest BCUT2D eigenvalue weighted by Crippen LogP contribution is 2.16. The largest absolute Gasteiger partial charge is 0.443 e. The summed E-state index contributed by atoms with van der Waals surface area (Å²) >= 11 is 5.47. The maximum absolute atomic E-state index is 11.7. The van der Waals surface area contributed by atoms with Gasteiger partial charge in [0.1, 0.15) is 19.0 Å². The number of hydrogen-bond donors (Lipinski definition) is 0. The van der Waals surface area contributed by atoms with Crippen LogP contribution in [0.5, 0.6) is 0 Å². The summed E-state index contributed by atoms with van der Waals surface area (Å²) < 4.78 is 44.8. The number of rotatable bonds is 6. The molecule has 0 spiro atoms. The molecule has 0 radical (unpaired) electrons. The molecule has 92 valence electrons. The van der Waals surface area contributed by atoms with Crippen LogP contribution in [0, 0.1) is 0 Å². The van der Waals surface area contributed by atoms with Gasteiger partial charge in [0.25, 0.3) is 0 Å². The predicted octanol–water partition coefficient (Wildman–Crippen LogP) is 2.92. The maximum Gasteiger partial charge on any atom is 0.411 e. The Morgan fingerprint density at radius 3 is 2.81 bits per heavy atom. The Morgan fingerprint density at radius 2 is 2.19 bits per heavy atom. The molecule has 0 aliphatic rings. The number of halogens is 4. The lowest BCUT2D eigenvalue weighted by Crippen LogP contribution is -2.16. The molecule has 0 amide bonds. The molecule has 0 fully saturated rings. The van der Waals surface area contributed by atoms with E-state index in [1.807, 2.05) is 0 Å². The first-order chi connectivity index (χ1) is 7.51. The third kappa shape index (κ3) is 5.37. The molecule has 0 aliphatic heterocycles. The molecule has 1 heterocycles. The fourth-order valence-corrected chi connectivity index (χ4v) is 1.15. The predicted molar refractivity (Wildman–Crippen MR) is 51.3 cm³/mol. The summed E-state index contributed by atoms with van der Waals surface area (Å²) in [5.74, 6) is 1.24. The summed E-state index contributed by atoms with van der Waals surface area (Å²) in [6, 6.07) is 0. The van der Waals surface area contributed by atoms with Gasteiger partial charge in [0, 0.05) is 12.3 Å². The summed E-state index contributed by atoms with van der Waals surface area (Å²) in [6.07, 6.45) is -1.67. The Balaban J connectivity index is 2.29. The molecule has 0 saturated carbocycles. The van der Waals surface area contributed by atoms with Gasteiger partial charge in [0.2, 0.25) is 0 Å². The number of alkyl halides is 4. The summed E-state index contributed by atoms with van der Waals surface area (Å²) in [6.45, 7) is -1.52. The number of ether oxygens (including phenoxy) is 1. The number of oxazole rings is 1. The molecule has 3 nitrogen and oxygen atoms in total. The zero-order valence-electron chi connectivity index (χ0n) is 8.39. The number of hydrogen-bond acceptors (Lipinski definition) is 3. The standard InChI is InChI=1S/C9H11ClF3NO2/c10-3-1-2-8-14-4-7(16-8)5-15-6-9(11,12)13/h4H,1-3,5-6H2. The van der Waals surface area contributed by atoms with E-state index in [-0.39, 0.29) is 12.4 Å². The monoisotopic (exact) mass is 257 g/mol. The third-order valence-electron chi connectivity index (χ3n) is 1.64. The van der Waals surface area contributed by atoms with Crippen molar-refractivity contribution in [2.75, 3.05) is 12.5 Å². The van der Waals surface area contributed by atoms with Crippen molar-refractivity contribution < 1.29 is 22.3 Å². The smallest absolute Gasteiger partial charge is 0.411 e. The zero-order chi connectivity index (χ0) is 12.0. The van der Waals surface area contributed by atoms with Crippen LogP contribution >= 0.6 is 11.6 Å². The summed E-state index contributed by atoms with van der Waals surface area (Å²) in [5.41, 5.74) is 0. The van der Waals surface area contributed by atoms with Crippen LogP contribution in [-0.4, -0.2) is 23.6 Å². The maximum atomic E-state index is 11.7. The fourth-order valence-electron chi connectivity index (χ4n) is 1.02. The van der Waals surface area contributed by atoms with Gasteiger partial charge >= 0.3 is 6.18 Å². The molecule has 0 unspecified atom stereocenters. The van der Waals surface area contributed by atoms with Crippen molar-refractivity contribution >= 4 is 11.6 Å². The molecule has 0 aromatic carbocycles. The van der Waals surface area contributed by atoms with Gasteiger partial charge in [-0.15, -0.1) is 11.6 Å². The summed E-state index contributed by atoms with van der Waals surface area (Å²) in [7, 11) is 0. The first-order valence-corrected chi connectivity index (χ1v) is 5.19. The Kier molecular flexibility index (Phi) is 5.08. The van der Waals surface area contributed by atoms with Gasteiger partial charge < -0.3 is 9.15 Å². The lowest BCUT2D eigenvalue weighted by molar-refractivity contribution is -0.177. The summed E-state index contributed by atoms with van der Waals surface area (Å²) in [4.78, 5) is 3.88. The van der Waals surface area contributed by atoms with Crippen molar-refractivity contribution in [3.8, 4) is 0 Å². The van der Waals surface area contributed by atoms with Gasteiger partial charge in [-0.05, 0) is 6.42 Å². The van der Waals surface area contributed by atoms with Gasteiger partial charge in [0.05, 0.1) is 6.20 Å². The first kappa shape index (κ1) is 13.3. The molecular weight excluding hydrogens is 247 g/mol. The van der Waals surface area contributed by atoms with Gasteiger partial charge in [-0.25, -0.2) is 4.98 Å². The Labute approximate surface area is 95.5 Å². The van der Waals surface area contributed by atoms with Crippen LogP contribution in [-0.2, 0) is 17.8 Å². The van der Waals surface area contributed by atoms with Gasteiger partial charge in [-0.2, -0.15) is 13.2 Å². The average Bonchev–Trinajstić information content (AvgIpc) is 2.61. The zero-order valence-corrected chi connectivity index (χ0v) is 9.14. The Morgan fingerprint density at radius 1 is 1.44 bits per heavy atom. The first-order valence-electron chi connectivity index (χ1n) is 4.65. The van der Waals surface area contributed by atoms with Crippen molar-refractivity contribution in [1.29, 1.82) is 0 Å². The minimum atomic E-state index is -4.32. The lowest BCUT2D eigenvalue weighted by Gasteiger charge is -2.05. The van der Waals surface area contributed by atoms with Crippen LogP contribution in [0.2, 0.25) is 0 Å². The molecule has 1 aromatic heterocycles. The molecule has 0 saturated heterocycles. The van der Waals surface area contributed by atoms with Crippen LogP contribution in [0.25, 0.3) is 0 Å². The van der Waals surface area contributed by atoms with Crippen LogP contribution in [0.3, 0.4) is 0 Å². The van der Waals surface area contributed by atoms with Crippen molar-refractivity contribution in [3.63, 3.8) is 0 Å². The van der Waals surface area contributed by atoms with Gasteiger partial charge in [-0.1, -0.05) is 0 Å². The van der Waals surface area contributed by atoms with E-state index in [1.165, 1.54) is 6.20 Å². The Bertz CT molecular complexity index is 314. The highest BCUT2D eigenvalue weighted by atomic mass is 35.5. The van der Waals surface area contributed by atoms with Crippen LogP contribution in [0.1, 0.15) is 18.1 Å². The van der Waals surface area contributed by atoms with Crippen molar-refractivity contribution in [2.24, 2.45) is 0 Å². The minimum absolute atomic E-state index is 0.229. The second-order valence-corrected chi connectivity index (χ2v) is 3.50. The molecule has 0 N–H and O–H groups in total. The van der Waals surface area contributed by atoms with Crippen molar-refractivity contribution in [2.45, 2.75) is 25.6 Å². The molecule has 0 atom stereocenters. The van der Waals surface area contributed by atoms with Crippen LogP contribution in [0.15, 0.2) is 10.6 Å². The molecule has 0 bridgehead atoms. The molecule has 1 rings (SSSR count). The molecule has 16 heavy (non-hydrogen) atoms. The summed E-state index contributed by atoms with van der Waals surface area (Å²) in [5, 5.41) is 0. The topological polar surface area (TPSA) is 35.3 Å². The SMILES string of the molecule is FC(F)(F)COCc1cnc(CCCCl)o1. The van der Waals surface area contributed by atoms with E-state index < -0.39 is 12.8 Å². The highest BCUT2D eigenvalue weighted by Gasteiger charge is 2.27. The molecule has 1 aromatic rings. The van der Waals surface area contributed by atoms with E-state index in [4.69, 9.17) is 16.0 Å². The second-order valence-electron chi connectivity index (χ2n) is 3.12. The second kappa shape index (κ2) is 6.10. The van der Waals surface area contributed by atoms with Gasteiger partial charge in [0.15, 0.2) is 5.89 Å². The van der Waals surface area contributed by atoms with E-state index >= 15 is 0 Å². The van der Waals surface area contributed by atoms with E-state index in [9.17, 15) is 13.2 Å². The van der Waals surface area contributed by atoms with Crippen molar-refractivity contribution in [3.05, 3.63) is 17.8 Å². The lowest BCUT2D eigenvalue weighted by atomic mass is 10.3. The van der Waals surface area contributed by atoms with E-state index in [0.717, 1.165) is 0 Å². The highest BCUT2D eigenvalue weighted by molar-refractivity contribution is 6.17.